The topological polar surface area (TPSA) is 159 Å². The fourth-order valence-electron chi connectivity index (χ4n) is 3.54. The van der Waals surface area contributed by atoms with Crippen LogP contribution in [-0.4, -0.2) is 70.0 Å². The second-order valence-corrected chi connectivity index (χ2v) is 7.34. The van der Waals surface area contributed by atoms with Gasteiger partial charge in [0, 0.05) is 12.1 Å². The Morgan fingerprint density at radius 1 is 1.00 bits per heavy atom. The van der Waals surface area contributed by atoms with E-state index in [1.165, 1.54) is 37.6 Å². The van der Waals surface area contributed by atoms with Crippen LogP contribution in [0.3, 0.4) is 0 Å². The Morgan fingerprint density at radius 2 is 1.72 bits per heavy atom. The number of rotatable bonds is 5. The molecule has 2 heterocycles. The van der Waals surface area contributed by atoms with Gasteiger partial charge >= 0.3 is 0 Å². The van der Waals surface area contributed by atoms with Gasteiger partial charge in [0.05, 0.1) is 19.3 Å². The Labute approximate surface area is 181 Å². The van der Waals surface area contributed by atoms with E-state index >= 15 is 0 Å². The SMILES string of the molecule is COc1cc(O)c2c(=O)c(-c3ccc(O[C@H]4O[C@@H](CO)[C@@H](O)[C@@H](O)[C@H]4O)cc3)coc2c1. The van der Waals surface area contributed by atoms with Gasteiger partial charge in [-0.2, -0.15) is 0 Å². The highest BCUT2D eigenvalue weighted by Gasteiger charge is 2.44. The molecule has 5 N–H and O–H groups in total. The van der Waals surface area contributed by atoms with Crippen LogP contribution >= 0.6 is 0 Å². The average Bonchev–Trinajstić information content (AvgIpc) is 2.80. The molecule has 4 rings (SSSR count). The van der Waals surface area contributed by atoms with Crippen LogP contribution < -0.4 is 14.9 Å². The van der Waals surface area contributed by atoms with Gasteiger partial charge < -0.3 is 44.2 Å². The maximum atomic E-state index is 12.9. The summed E-state index contributed by atoms with van der Waals surface area (Å²) in [6.07, 6.45) is -5.73. The molecule has 0 unspecified atom stereocenters. The molecule has 1 fully saturated rings. The van der Waals surface area contributed by atoms with Crippen molar-refractivity contribution in [2.75, 3.05) is 13.7 Å². The Morgan fingerprint density at radius 3 is 2.38 bits per heavy atom. The van der Waals surface area contributed by atoms with E-state index in [1.807, 2.05) is 0 Å². The summed E-state index contributed by atoms with van der Waals surface area (Å²) in [5, 5.41) is 49.3. The van der Waals surface area contributed by atoms with Crippen molar-refractivity contribution in [3.63, 3.8) is 0 Å². The largest absolute Gasteiger partial charge is 0.507 e. The van der Waals surface area contributed by atoms with E-state index in [9.17, 15) is 30.3 Å². The molecule has 0 saturated carbocycles. The molecule has 2 aromatic carbocycles. The number of ether oxygens (including phenoxy) is 3. The molecule has 0 amide bonds. The second kappa shape index (κ2) is 8.77. The van der Waals surface area contributed by atoms with Crippen LogP contribution in [0.2, 0.25) is 0 Å². The molecule has 0 bridgehead atoms. The number of hydrogen-bond acceptors (Lipinski definition) is 10. The summed E-state index contributed by atoms with van der Waals surface area (Å²) < 4.78 is 21.4. The van der Waals surface area contributed by atoms with Crippen LogP contribution in [0.25, 0.3) is 22.1 Å². The molecule has 3 aromatic rings. The van der Waals surface area contributed by atoms with Crippen molar-refractivity contribution in [1.29, 1.82) is 0 Å². The summed E-state index contributed by atoms with van der Waals surface area (Å²) in [5.74, 6) is 0.328. The summed E-state index contributed by atoms with van der Waals surface area (Å²) in [4.78, 5) is 12.9. The lowest BCUT2D eigenvalue weighted by Crippen LogP contribution is -2.60. The van der Waals surface area contributed by atoms with Crippen molar-refractivity contribution in [2.45, 2.75) is 30.7 Å². The molecule has 1 saturated heterocycles. The number of benzene rings is 2. The van der Waals surface area contributed by atoms with Crippen molar-refractivity contribution in [3.8, 4) is 28.4 Å². The maximum Gasteiger partial charge on any atom is 0.229 e. The molecule has 10 heteroatoms. The minimum Gasteiger partial charge on any atom is -0.507 e. The first kappa shape index (κ1) is 22.1. The van der Waals surface area contributed by atoms with Gasteiger partial charge in [-0.05, 0) is 17.7 Å². The normalized spacial score (nSPS) is 25.6. The summed E-state index contributed by atoms with van der Waals surface area (Å²) in [6, 6.07) is 8.97. The third-order valence-corrected chi connectivity index (χ3v) is 5.33. The molecule has 1 aromatic heterocycles. The van der Waals surface area contributed by atoms with Crippen LogP contribution in [-0.2, 0) is 4.74 Å². The van der Waals surface area contributed by atoms with Gasteiger partial charge in [0.15, 0.2) is 0 Å². The van der Waals surface area contributed by atoms with E-state index < -0.39 is 42.7 Å². The second-order valence-electron chi connectivity index (χ2n) is 7.34. The Kier molecular flexibility index (Phi) is 6.04. The molecular formula is C22H22O10. The zero-order valence-electron chi connectivity index (χ0n) is 16.9. The third-order valence-electron chi connectivity index (χ3n) is 5.33. The van der Waals surface area contributed by atoms with Crippen molar-refractivity contribution in [2.24, 2.45) is 0 Å². The smallest absolute Gasteiger partial charge is 0.229 e. The van der Waals surface area contributed by atoms with Gasteiger partial charge in [-0.15, -0.1) is 0 Å². The molecule has 0 radical (unpaired) electrons. The first-order valence-corrected chi connectivity index (χ1v) is 9.74. The molecule has 0 aliphatic carbocycles. The van der Waals surface area contributed by atoms with Crippen molar-refractivity contribution >= 4 is 11.0 Å². The number of phenols is 1. The molecular weight excluding hydrogens is 424 g/mol. The Balaban J connectivity index is 1.59. The van der Waals surface area contributed by atoms with Crippen LogP contribution in [0.1, 0.15) is 0 Å². The Bertz CT molecular complexity index is 1150. The summed E-state index contributed by atoms with van der Waals surface area (Å²) in [5.41, 5.74) is 0.432. The fourth-order valence-corrected chi connectivity index (χ4v) is 3.54. The van der Waals surface area contributed by atoms with Crippen LogP contribution in [0.15, 0.2) is 51.9 Å². The number of methoxy groups -OCH3 is 1. The highest BCUT2D eigenvalue weighted by Crippen LogP contribution is 2.31. The third kappa shape index (κ3) is 3.90. The summed E-state index contributed by atoms with van der Waals surface area (Å²) in [7, 11) is 1.43. The molecule has 170 valence electrons. The zero-order valence-corrected chi connectivity index (χ0v) is 16.9. The number of aliphatic hydroxyl groups excluding tert-OH is 4. The monoisotopic (exact) mass is 446 g/mol. The highest BCUT2D eigenvalue weighted by molar-refractivity contribution is 5.88. The molecule has 5 atom stereocenters. The van der Waals surface area contributed by atoms with Gasteiger partial charge in [0.25, 0.3) is 0 Å². The number of phenolic OH excluding ortho intramolecular Hbond substituents is 1. The van der Waals surface area contributed by atoms with Crippen molar-refractivity contribution in [1.82, 2.24) is 0 Å². The molecule has 1 aliphatic heterocycles. The van der Waals surface area contributed by atoms with E-state index in [4.69, 9.17) is 18.6 Å². The van der Waals surface area contributed by atoms with Crippen LogP contribution in [0.4, 0.5) is 0 Å². The summed E-state index contributed by atoms with van der Waals surface area (Å²) in [6.45, 7) is -0.569. The standard InChI is InChI=1S/C22H22O10/c1-29-12-6-14(24)17-15(7-12)30-9-13(18(17)25)10-2-4-11(5-3-10)31-22-21(28)20(27)19(26)16(8-23)32-22/h2-7,9,16,19-24,26-28H,8H2,1H3/t16-,19+,20+,21+,22-/m0/s1. The molecule has 1 aliphatic rings. The first-order chi connectivity index (χ1) is 15.3. The lowest BCUT2D eigenvalue weighted by molar-refractivity contribution is -0.277. The van der Waals surface area contributed by atoms with Crippen molar-refractivity contribution < 1.29 is 44.2 Å². The van der Waals surface area contributed by atoms with E-state index in [2.05, 4.69) is 0 Å². The minimum atomic E-state index is -1.56. The van der Waals surface area contributed by atoms with Gasteiger partial charge in [-0.3, -0.25) is 4.79 Å². The quantitative estimate of drug-likeness (QED) is 0.370. The molecule has 32 heavy (non-hydrogen) atoms. The minimum absolute atomic E-state index is 0.0185. The first-order valence-electron chi connectivity index (χ1n) is 9.74. The van der Waals surface area contributed by atoms with Gasteiger partial charge in [-0.25, -0.2) is 0 Å². The van der Waals surface area contributed by atoms with E-state index in [-0.39, 0.29) is 28.0 Å². The lowest BCUT2D eigenvalue weighted by atomic mass is 9.99. The van der Waals surface area contributed by atoms with E-state index in [1.54, 1.807) is 12.1 Å². The number of aromatic hydroxyl groups is 1. The molecule has 0 spiro atoms. The maximum absolute atomic E-state index is 12.9. The van der Waals surface area contributed by atoms with Crippen LogP contribution in [0.5, 0.6) is 17.2 Å². The van der Waals surface area contributed by atoms with Gasteiger partial charge in [0.1, 0.15) is 58.9 Å². The van der Waals surface area contributed by atoms with E-state index in [0.717, 1.165) is 0 Å². The average molecular weight is 446 g/mol. The predicted molar refractivity (Wildman–Crippen MR) is 111 cm³/mol. The van der Waals surface area contributed by atoms with E-state index in [0.29, 0.717) is 11.3 Å². The zero-order chi connectivity index (χ0) is 23.0. The Hall–Kier alpha value is -3.15. The fraction of sp³-hybridized carbons (Fsp3) is 0.318. The predicted octanol–water partition coefficient (Wildman–Crippen LogP) is 0.353. The van der Waals surface area contributed by atoms with Crippen LogP contribution in [0, 0.1) is 0 Å². The van der Waals surface area contributed by atoms with Gasteiger partial charge in [-0.1, -0.05) is 12.1 Å². The highest BCUT2D eigenvalue weighted by atomic mass is 16.7. The lowest BCUT2D eigenvalue weighted by Gasteiger charge is -2.39. The number of fused-ring (bicyclic) bond motifs is 1. The molecule has 10 nitrogen and oxygen atoms in total. The van der Waals surface area contributed by atoms with Gasteiger partial charge in [0.2, 0.25) is 11.7 Å². The number of aliphatic hydroxyl groups is 4. The summed E-state index contributed by atoms with van der Waals surface area (Å²) >= 11 is 0. The van der Waals surface area contributed by atoms with Crippen molar-refractivity contribution in [3.05, 3.63) is 52.9 Å². The number of hydrogen-bond donors (Lipinski definition) is 5.